The molecule has 132 valence electrons. The zero-order valence-corrected chi connectivity index (χ0v) is 14.8. The SMILES string of the molecule is Cc1nc(Nc2ccc(OCc3ccccc3)cc2)cc(NC2CC2)n1. The molecule has 0 atom stereocenters. The molecule has 1 aromatic heterocycles. The van der Waals surface area contributed by atoms with E-state index in [4.69, 9.17) is 4.74 Å². The molecule has 4 rings (SSSR count). The molecular weight excluding hydrogens is 324 g/mol. The lowest BCUT2D eigenvalue weighted by atomic mass is 10.2. The summed E-state index contributed by atoms with van der Waals surface area (Å²) in [6.07, 6.45) is 2.44. The Labute approximate surface area is 153 Å². The first-order valence-corrected chi connectivity index (χ1v) is 8.91. The Morgan fingerprint density at radius 3 is 2.42 bits per heavy atom. The molecule has 3 aromatic rings. The van der Waals surface area contributed by atoms with E-state index in [0.717, 1.165) is 34.5 Å². The number of benzene rings is 2. The van der Waals surface area contributed by atoms with Gasteiger partial charge in [0, 0.05) is 17.8 Å². The number of nitrogens with one attached hydrogen (secondary N) is 2. The fraction of sp³-hybridized carbons (Fsp3) is 0.238. The molecule has 2 aromatic carbocycles. The summed E-state index contributed by atoms with van der Waals surface area (Å²) in [5, 5.41) is 6.75. The maximum atomic E-state index is 5.82. The van der Waals surface area contributed by atoms with Crippen LogP contribution in [0.5, 0.6) is 5.75 Å². The number of nitrogens with zero attached hydrogens (tertiary/aromatic N) is 2. The molecule has 1 aliphatic rings. The highest BCUT2D eigenvalue weighted by Crippen LogP contribution is 2.26. The van der Waals surface area contributed by atoms with Gasteiger partial charge in [0.05, 0.1) is 0 Å². The predicted molar refractivity (Wildman–Crippen MR) is 104 cm³/mol. The van der Waals surface area contributed by atoms with Crippen LogP contribution in [0, 0.1) is 6.92 Å². The van der Waals surface area contributed by atoms with E-state index >= 15 is 0 Å². The fourth-order valence-corrected chi connectivity index (χ4v) is 2.67. The minimum absolute atomic E-state index is 0.564. The predicted octanol–water partition coefficient (Wildman–Crippen LogP) is 4.68. The lowest BCUT2D eigenvalue weighted by Crippen LogP contribution is -2.06. The number of hydrogen-bond donors (Lipinski definition) is 2. The summed E-state index contributed by atoms with van der Waals surface area (Å²) >= 11 is 0. The highest BCUT2D eigenvalue weighted by atomic mass is 16.5. The summed E-state index contributed by atoms with van der Waals surface area (Å²) in [5.74, 6) is 3.26. The molecule has 0 bridgehead atoms. The van der Waals surface area contributed by atoms with Gasteiger partial charge in [-0.2, -0.15) is 0 Å². The minimum atomic E-state index is 0.564. The van der Waals surface area contributed by atoms with Gasteiger partial charge in [0.25, 0.3) is 0 Å². The average Bonchev–Trinajstić information content (AvgIpc) is 3.45. The molecule has 0 aliphatic heterocycles. The van der Waals surface area contributed by atoms with Crippen LogP contribution < -0.4 is 15.4 Å². The van der Waals surface area contributed by atoms with Crippen LogP contribution in [0.15, 0.2) is 60.7 Å². The van der Waals surface area contributed by atoms with Gasteiger partial charge in [-0.1, -0.05) is 30.3 Å². The number of aromatic nitrogens is 2. The van der Waals surface area contributed by atoms with E-state index in [2.05, 4.69) is 32.7 Å². The Kier molecular flexibility index (Phi) is 4.69. The van der Waals surface area contributed by atoms with Crippen molar-refractivity contribution < 1.29 is 4.74 Å². The van der Waals surface area contributed by atoms with E-state index in [1.807, 2.05) is 55.5 Å². The third-order valence-corrected chi connectivity index (χ3v) is 4.14. The minimum Gasteiger partial charge on any atom is -0.489 e. The van der Waals surface area contributed by atoms with Gasteiger partial charge in [-0.3, -0.25) is 0 Å². The zero-order chi connectivity index (χ0) is 17.8. The van der Waals surface area contributed by atoms with E-state index in [0.29, 0.717) is 12.6 Å². The molecule has 1 saturated carbocycles. The maximum absolute atomic E-state index is 5.82. The van der Waals surface area contributed by atoms with Gasteiger partial charge in [-0.25, -0.2) is 9.97 Å². The second-order valence-electron chi connectivity index (χ2n) is 6.53. The molecule has 1 aliphatic carbocycles. The molecular formula is C21H22N4O. The molecule has 1 fully saturated rings. The van der Waals surface area contributed by atoms with Crippen molar-refractivity contribution >= 4 is 17.3 Å². The molecule has 1 heterocycles. The van der Waals surface area contributed by atoms with Gasteiger partial charge in [-0.05, 0) is 49.6 Å². The van der Waals surface area contributed by atoms with Crippen molar-refractivity contribution in [3.05, 3.63) is 72.1 Å². The van der Waals surface area contributed by atoms with Crippen molar-refractivity contribution in [2.45, 2.75) is 32.4 Å². The Balaban J connectivity index is 1.38. The first-order valence-electron chi connectivity index (χ1n) is 8.91. The normalized spacial score (nSPS) is 13.3. The molecule has 0 unspecified atom stereocenters. The number of ether oxygens (including phenoxy) is 1. The molecule has 2 N–H and O–H groups in total. The first-order chi connectivity index (χ1) is 12.7. The third kappa shape index (κ3) is 4.51. The molecule has 0 saturated heterocycles. The Bertz CT molecular complexity index is 861. The summed E-state index contributed by atoms with van der Waals surface area (Å²) < 4.78 is 5.82. The van der Waals surface area contributed by atoms with E-state index in [-0.39, 0.29) is 0 Å². The van der Waals surface area contributed by atoms with Crippen LogP contribution in [0.2, 0.25) is 0 Å². The number of hydrogen-bond acceptors (Lipinski definition) is 5. The van der Waals surface area contributed by atoms with Crippen molar-refractivity contribution in [3.63, 3.8) is 0 Å². The van der Waals surface area contributed by atoms with Crippen molar-refractivity contribution in [1.29, 1.82) is 0 Å². The van der Waals surface area contributed by atoms with Gasteiger partial charge in [0.2, 0.25) is 0 Å². The second kappa shape index (κ2) is 7.44. The van der Waals surface area contributed by atoms with Crippen LogP contribution in [0.1, 0.15) is 24.2 Å². The first kappa shape index (κ1) is 16.4. The largest absolute Gasteiger partial charge is 0.489 e. The summed E-state index contributed by atoms with van der Waals surface area (Å²) in [4.78, 5) is 8.90. The van der Waals surface area contributed by atoms with Crippen LogP contribution in [-0.2, 0) is 6.61 Å². The summed E-state index contributed by atoms with van der Waals surface area (Å²) in [6.45, 7) is 2.47. The van der Waals surface area contributed by atoms with Crippen molar-refractivity contribution in [2.24, 2.45) is 0 Å². The number of anilines is 3. The lowest BCUT2D eigenvalue weighted by Gasteiger charge is -2.11. The Morgan fingerprint density at radius 2 is 1.69 bits per heavy atom. The highest BCUT2D eigenvalue weighted by molar-refractivity contribution is 5.60. The maximum Gasteiger partial charge on any atom is 0.136 e. The van der Waals surface area contributed by atoms with Gasteiger partial charge < -0.3 is 15.4 Å². The van der Waals surface area contributed by atoms with Crippen molar-refractivity contribution in [1.82, 2.24) is 9.97 Å². The van der Waals surface area contributed by atoms with E-state index in [1.54, 1.807) is 0 Å². The van der Waals surface area contributed by atoms with Crippen molar-refractivity contribution in [2.75, 3.05) is 10.6 Å². The fourth-order valence-electron chi connectivity index (χ4n) is 2.67. The number of aryl methyl sites for hydroxylation is 1. The highest BCUT2D eigenvalue weighted by Gasteiger charge is 2.21. The lowest BCUT2D eigenvalue weighted by molar-refractivity contribution is 0.306. The molecule has 5 nitrogen and oxygen atoms in total. The van der Waals surface area contributed by atoms with Gasteiger partial charge in [-0.15, -0.1) is 0 Å². The smallest absolute Gasteiger partial charge is 0.136 e. The van der Waals surface area contributed by atoms with Crippen LogP contribution >= 0.6 is 0 Å². The Morgan fingerprint density at radius 1 is 0.962 bits per heavy atom. The topological polar surface area (TPSA) is 59.1 Å². The van der Waals surface area contributed by atoms with Crippen LogP contribution in [0.4, 0.5) is 17.3 Å². The zero-order valence-electron chi connectivity index (χ0n) is 14.8. The van der Waals surface area contributed by atoms with Gasteiger partial charge in [0.15, 0.2) is 0 Å². The van der Waals surface area contributed by atoms with Gasteiger partial charge >= 0.3 is 0 Å². The monoisotopic (exact) mass is 346 g/mol. The average molecular weight is 346 g/mol. The molecule has 26 heavy (non-hydrogen) atoms. The molecule has 5 heteroatoms. The Hall–Kier alpha value is -3.08. The summed E-state index contributed by atoms with van der Waals surface area (Å²) in [5.41, 5.74) is 2.12. The quantitative estimate of drug-likeness (QED) is 0.650. The van der Waals surface area contributed by atoms with Crippen LogP contribution in [0.3, 0.4) is 0 Å². The number of rotatable bonds is 7. The van der Waals surface area contributed by atoms with E-state index < -0.39 is 0 Å². The van der Waals surface area contributed by atoms with Crippen LogP contribution in [0.25, 0.3) is 0 Å². The van der Waals surface area contributed by atoms with Gasteiger partial charge in [0.1, 0.15) is 29.8 Å². The summed E-state index contributed by atoms with van der Waals surface area (Å²) in [7, 11) is 0. The van der Waals surface area contributed by atoms with E-state index in [9.17, 15) is 0 Å². The van der Waals surface area contributed by atoms with Crippen molar-refractivity contribution in [3.8, 4) is 5.75 Å². The molecule has 0 spiro atoms. The molecule has 0 amide bonds. The summed E-state index contributed by atoms with van der Waals surface area (Å²) in [6, 6.07) is 20.6. The van der Waals surface area contributed by atoms with E-state index in [1.165, 1.54) is 12.8 Å². The standard InChI is InChI=1S/C21H22N4O/c1-15-22-20(24-17-7-8-17)13-21(23-15)25-18-9-11-19(12-10-18)26-14-16-5-3-2-4-6-16/h2-6,9-13,17H,7-8,14H2,1H3,(H2,22,23,24,25). The second-order valence-corrected chi connectivity index (χ2v) is 6.53. The third-order valence-electron chi connectivity index (χ3n) is 4.14. The molecule has 0 radical (unpaired) electrons. The van der Waals surface area contributed by atoms with Crippen LogP contribution in [-0.4, -0.2) is 16.0 Å².